The number of sulfonamides is 1. The molecule has 6 nitrogen and oxygen atoms in total. The number of benzene rings is 1. The lowest BCUT2D eigenvalue weighted by atomic mass is 9.97. The zero-order chi connectivity index (χ0) is 14.8. The average Bonchev–Trinajstić information content (AvgIpc) is 2.83. The van der Waals surface area contributed by atoms with Crippen LogP contribution in [-0.4, -0.2) is 26.7 Å². The van der Waals surface area contributed by atoms with Gasteiger partial charge in [-0.1, -0.05) is 12.5 Å². The SMILES string of the molecule is Nc1c(NCC2CCCC2CO)cccc1S(N)(=O)=O. The van der Waals surface area contributed by atoms with Gasteiger partial charge in [-0.05, 0) is 36.8 Å². The summed E-state index contributed by atoms with van der Waals surface area (Å²) in [6.45, 7) is 0.864. The van der Waals surface area contributed by atoms with Crippen LogP contribution < -0.4 is 16.2 Å². The van der Waals surface area contributed by atoms with Gasteiger partial charge < -0.3 is 16.2 Å². The lowest BCUT2D eigenvalue weighted by Gasteiger charge is -2.19. The van der Waals surface area contributed by atoms with Crippen molar-refractivity contribution in [2.75, 3.05) is 24.2 Å². The molecule has 112 valence electrons. The first-order valence-electron chi connectivity index (χ1n) is 6.69. The summed E-state index contributed by atoms with van der Waals surface area (Å²) >= 11 is 0. The third kappa shape index (κ3) is 3.23. The molecule has 0 aromatic heterocycles. The Hall–Kier alpha value is -1.31. The van der Waals surface area contributed by atoms with E-state index in [9.17, 15) is 13.5 Å². The van der Waals surface area contributed by atoms with Crippen molar-refractivity contribution < 1.29 is 13.5 Å². The molecule has 0 bridgehead atoms. The first-order chi connectivity index (χ1) is 9.43. The van der Waals surface area contributed by atoms with E-state index in [-0.39, 0.29) is 17.2 Å². The summed E-state index contributed by atoms with van der Waals surface area (Å²) < 4.78 is 22.8. The van der Waals surface area contributed by atoms with Crippen molar-refractivity contribution >= 4 is 21.4 Å². The number of hydrogen-bond donors (Lipinski definition) is 4. The van der Waals surface area contributed by atoms with Crippen LogP contribution in [-0.2, 0) is 10.0 Å². The van der Waals surface area contributed by atoms with Crippen molar-refractivity contribution in [2.24, 2.45) is 17.0 Å². The predicted octanol–water partition coefficient (Wildman–Crippen LogP) is 0.737. The third-order valence-corrected chi connectivity index (χ3v) is 4.95. The zero-order valence-electron chi connectivity index (χ0n) is 11.2. The number of aliphatic hydroxyl groups is 1. The Balaban J connectivity index is 2.11. The Morgan fingerprint density at radius 2 is 2.00 bits per heavy atom. The molecule has 7 heteroatoms. The third-order valence-electron chi connectivity index (χ3n) is 3.98. The number of hydrogen-bond acceptors (Lipinski definition) is 5. The molecule has 6 N–H and O–H groups in total. The van der Waals surface area contributed by atoms with E-state index in [0.717, 1.165) is 19.3 Å². The highest BCUT2D eigenvalue weighted by Crippen LogP contribution is 2.32. The lowest BCUT2D eigenvalue weighted by molar-refractivity contribution is 0.199. The molecule has 1 aromatic rings. The zero-order valence-corrected chi connectivity index (χ0v) is 12.1. The van der Waals surface area contributed by atoms with Crippen molar-refractivity contribution in [1.29, 1.82) is 0 Å². The second-order valence-electron chi connectivity index (χ2n) is 5.28. The van der Waals surface area contributed by atoms with Gasteiger partial charge in [0.15, 0.2) is 0 Å². The summed E-state index contributed by atoms with van der Waals surface area (Å²) in [5.41, 5.74) is 6.57. The number of anilines is 2. The van der Waals surface area contributed by atoms with Gasteiger partial charge in [-0.3, -0.25) is 0 Å². The van der Waals surface area contributed by atoms with Crippen LogP contribution in [0, 0.1) is 11.8 Å². The fourth-order valence-corrected chi connectivity index (χ4v) is 3.49. The molecule has 0 amide bonds. The molecule has 1 aliphatic rings. The van der Waals surface area contributed by atoms with Gasteiger partial charge in [0.2, 0.25) is 10.0 Å². The maximum absolute atomic E-state index is 11.4. The number of nitrogen functional groups attached to an aromatic ring is 1. The Morgan fingerprint density at radius 3 is 2.65 bits per heavy atom. The molecule has 2 atom stereocenters. The van der Waals surface area contributed by atoms with E-state index in [1.807, 2.05) is 0 Å². The maximum Gasteiger partial charge on any atom is 0.240 e. The molecule has 1 saturated carbocycles. The summed E-state index contributed by atoms with van der Waals surface area (Å²) in [6, 6.07) is 4.73. The molecule has 0 heterocycles. The van der Waals surface area contributed by atoms with Gasteiger partial charge in [-0.15, -0.1) is 0 Å². The molecule has 1 aliphatic carbocycles. The van der Waals surface area contributed by atoms with E-state index in [1.54, 1.807) is 12.1 Å². The van der Waals surface area contributed by atoms with E-state index >= 15 is 0 Å². The normalized spacial score (nSPS) is 22.9. The van der Waals surface area contributed by atoms with Crippen LogP contribution in [0.3, 0.4) is 0 Å². The molecular weight excluding hydrogens is 278 g/mol. The minimum Gasteiger partial charge on any atom is -0.396 e. The highest BCUT2D eigenvalue weighted by molar-refractivity contribution is 7.89. The van der Waals surface area contributed by atoms with Crippen LogP contribution in [0.15, 0.2) is 23.1 Å². The quantitative estimate of drug-likeness (QED) is 0.598. The maximum atomic E-state index is 11.4. The van der Waals surface area contributed by atoms with Crippen molar-refractivity contribution in [3.05, 3.63) is 18.2 Å². The first-order valence-corrected chi connectivity index (χ1v) is 8.24. The number of aliphatic hydroxyl groups excluding tert-OH is 1. The molecule has 0 aliphatic heterocycles. The second kappa shape index (κ2) is 5.99. The fraction of sp³-hybridized carbons (Fsp3) is 0.538. The molecule has 0 saturated heterocycles. The van der Waals surface area contributed by atoms with Crippen molar-refractivity contribution in [1.82, 2.24) is 0 Å². The van der Waals surface area contributed by atoms with Crippen molar-refractivity contribution in [3.8, 4) is 0 Å². The Bertz CT molecular complexity index is 574. The summed E-state index contributed by atoms with van der Waals surface area (Å²) in [5, 5.41) is 17.6. The monoisotopic (exact) mass is 299 g/mol. The molecule has 0 radical (unpaired) electrons. The minimum absolute atomic E-state index is 0.0624. The van der Waals surface area contributed by atoms with E-state index in [1.165, 1.54) is 6.07 Å². The summed E-state index contributed by atoms with van der Waals surface area (Å²) in [4.78, 5) is -0.0624. The smallest absolute Gasteiger partial charge is 0.240 e. The second-order valence-corrected chi connectivity index (χ2v) is 6.81. The van der Waals surface area contributed by atoms with E-state index in [0.29, 0.717) is 24.1 Å². The van der Waals surface area contributed by atoms with Crippen LogP contribution in [0.4, 0.5) is 11.4 Å². The highest BCUT2D eigenvalue weighted by atomic mass is 32.2. The molecule has 1 aromatic carbocycles. The number of primary sulfonamides is 1. The topological polar surface area (TPSA) is 118 Å². The van der Waals surface area contributed by atoms with E-state index < -0.39 is 10.0 Å². The molecule has 2 rings (SSSR count). The number of nitrogens with two attached hydrogens (primary N) is 2. The molecule has 1 fully saturated rings. The molecule has 0 spiro atoms. The Kier molecular flexibility index (Phi) is 4.52. The van der Waals surface area contributed by atoms with Gasteiger partial charge >= 0.3 is 0 Å². The summed E-state index contributed by atoms with van der Waals surface area (Å²) in [6.07, 6.45) is 3.22. The molecule has 20 heavy (non-hydrogen) atoms. The van der Waals surface area contributed by atoms with Gasteiger partial charge in [0.1, 0.15) is 4.90 Å². The molecular formula is C13H21N3O3S. The van der Waals surface area contributed by atoms with Crippen LogP contribution in [0.2, 0.25) is 0 Å². The van der Waals surface area contributed by atoms with E-state index in [4.69, 9.17) is 10.9 Å². The van der Waals surface area contributed by atoms with Gasteiger partial charge in [0.05, 0.1) is 11.4 Å². The highest BCUT2D eigenvalue weighted by Gasteiger charge is 2.26. The average molecular weight is 299 g/mol. The molecule has 2 unspecified atom stereocenters. The number of nitrogens with one attached hydrogen (secondary N) is 1. The Morgan fingerprint density at radius 1 is 1.30 bits per heavy atom. The van der Waals surface area contributed by atoms with Crippen molar-refractivity contribution in [3.63, 3.8) is 0 Å². The fourth-order valence-electron chi connectivity index (χ4n) is 2.81. The van der Waals surface area contributed by atoms with Crippen LogP contribution in [0.25, 0.3) is 0 Å². The largest absolute Gasteiger partial charge is 0.396 e. The standard InChI is InChI=1S/C13H21N3O3S/c14-13-11(5-2-6-12(13)20(15,18)19)16-7-9-3-1-4-10(9)8-17/h2,5-6,9-10,16-17H,1,3-4,7-8,14H2,(H2,15,18,19). The van der Waals surface area contributed by atoms with Crippen LogP contribution in [0.1, 0.15) is 19.3 Å². The lowest BCUT2D eigenvalue weighted by Crippen LogP contribution is -2.22. The van der Waals surface area contributed by atoms with Crippen molar-refractivity contribution in [2.45, 2.75) is 24.2 Å². The summed E-state index contributed by atoms with van der Waals surface area (Å²) in [5.74, 6) is 0.697. The number of para-hydroxylation sites is 1. The predicted molar refractivity (Wildman–Crippen MR) is 78.6 cm³/mol. The van der Waals surface area contributed by atoms with Crippen LogP contribution >= 0.6 is 0 Å². The van der Waals surface area contributed by atoms with E-state index in [2.05, 4.69) is 5.32 Å². The minimum atomic E-state index is -3.81. The van der Waals surface area contributed by atoms with Gasteiger partial charge in [0, 0.05) is 13.2 Å². The van der Waals surface area contributed by atoms with Gasteiger partial charge in [-0.2, -0.15) is 0 Å². The number of rotatable bonds is 5. The van der Waals surface area contributed by atoms with Gasteiger partial charge in [0.25, 0.3) is 0 Å². The Labute approximate surface area is 119 Å². The summed E-state index contributed by atoms with van der Waals surface area (Å²) in [7, 11) is -3.81. The first kappa shape index (κ1) is 15.1. The van der Waals surface area contributed by atoms with Crippen LogP contribution in [0.5, 0.6) is 0 Å². The van der Waals surface area contributed by atoms with Gasteiger partial charge in [-0.25, -0.2) is 13.6 Å².